The molecule has 0 atom stereocenters. The first-order valence-corrected chi connectivity index (χ1v) is 42.7. The first-order valence-electron chi connectivity index (χ1n) is 33.6. The Labute approximate surface area is 584 Å². The monoisotopic (exact) mass is 1570 g/mol. The van der Waals surface area contributed by atoms with E-state index in [1.165, 1.54) is 293 Å². The van der Waals surface area contributed by atoms with Crippen molar-refractivity contribution in [3.05, 3.63) is 174 Å². The van der Waals surface area contributed by atoms with Crippen LogP contribution in [0.1, 0.15) is 192 Å². The van der Waals surface area contributed by atoms with Crippen molar-refractivity contribution in [3.8, 4) is 20.9 Å². The van der Waals surface area contributed by atoms with E-state index in [0.717, 1.165) is 0 Å². The van der Waals surface area contributed by atoms with E-state index in [2.05, 4.69) is 214 Å². The molecular weight excluding hydrogens is 1490 g/mol. The molecule has 0 aliphatic heterocycles. The van der Waals surface area contributed by atoms with Gasteiger partial charge in [0.25, 0.3) is 0 Å². The maximum atomic E-state index is 3.60. The first kappa shape index (κ1) is 67.3. The van der Waals surface area contributed by atoms with Crippen molar-refractivity contribution >= 4 is 201 Å². The van der Waals surface area contributed by atoms with Crippen LogP contribution in [0.5, 0.6) is 0 Å². The maximum Gasteiger partial charge on any atom is 0.0175 e. The van der Waals surface area contributed by atoms with Crippen LogP contribution in [0.3, 0.4) is 0 Å². The minimum absolute atomic E-state index is 0.357. The number of fused-ring (bicyclic) bond motifs is 10. The van der Waals surface area contributed by atoms with Crippen LogP contribution in [0.25, 0.3) is 99.8 Å². The van der Waals surface area contributed by atoms with Crippen molar-refractivity contribution in [2.75, 3.05) is 0 Å². The Hall–Kier alpha value is -3.14. The summed E-state index contributed by atoms with van der Waals surface area (Å²) >= 11 is 19.0. The molecule has 0 aliphatic rings. The smallest absolute Gasteiger partial charge is 0.0175 e. The van der Waals surface area contributed by atoms with Gasteiger partial charge in [0, 0.05) is 4.47 Å². The summed E-state index contributed by atoms with van der Waals surface area (Å²) < 4.78 is 15.4. The van der Waals surface area contributed by atoms with Crippen LogP contribution >= 0.6 is 93.1 Å². The van der Waals surface area contributed by atoms with E-state index in [0.29, 0.717) is 29.0 Å². The summed E-state index contributed by atoms with van der Waals surface area (Å²) in [7, 11) is 0. The van der Waals surface area contributed by atoms with Crippen molar-refractivity contribution < 1.29 is 0 Å². The Morgan fingerprint density at radius 2 is 0.551 bits per heavy atom. The quantitative estimate of drug-likeness (QED) is 0.0324. The van der Waals surface area contributed by atoms with E-state index >= 15 is 0 Å². The molecule has 89 heavy (non-hydrogen) atoms. The molecule has 0 saturated carbocycles. The minimum Gasteiger partial charge on any atom is -0.0654 e. The minimum atomic E-state index is 0.357. The Morgan fingerprint density at radius 3 is 0.865 bits per heavy atom. The van der Waals surface area contributed by atoms with Crippen molar-refractivity contribution in [2.24, 2.45) is 0 Å². The SMILES string of the molecule is Brc1cc2cc3c(cc2s1)[se]c1cc2sc(Br)cc2cc13.CCCCCCCCCCc1ccc(-c2cc3cc4c(cc3s2)[se]c2cc3sc(-c5ccc(CCCCCCCCCC)cc5)cc3cc24)cc1.CCCCCCCCCCc1ccc(Br)cc1. The van der Waals surface area contributed by atoms with Crippen molar-refractivity contribution in [2.45, 2.75) is 194 Å². The largest absolute Gasteiger partial charge is 0.0654 e. The number of unbranched alkanes of at least 4 members (excludes halogenated alkanes) is 21. The van der Waals surface area contributed by atoms with Crippen molar-refractivity contribution in [1.29, 1.82) is 0 Å². The second-order valence-corrected chi connectivity index (χ2v) is 37.3. The van der Waals surface area contributed by atoms with Crippen LogP contribution in [-0.2, 0) is 19.3 Å². The number of hydrogen-bond acceptors (Lipinski definition) is 4. The van der Waals surface area contributed by atoms with Gasteiger partial charge in [-0.25, -0.2) is 0 Å². The fourth-order valence-corrected chi connectivity index (χ4v) is 23.7. The second-order valence-electron chi connectivity index (χ2n) is 24.8. The van der Waals surface area contributed by atoms with Gasteiger partial charge in [-0.1, -0.05) is 171 Å². The molecule has 0 unspecified atom stereocenters. The zero-order chi connectivity index (χ0) is 61.3. The second kappa shape index (κ2) is 34.3. The van der Waals surface area contributed by atoms with E-state index in [4.69, 9.17) is 0 Å². The Morgan fingerprint density at radius 1 is 0.281 bits per heavy atom. The maximum absolute atomic E-state index is 3.60. The third-order valence-corrected chi connectivity index (χ3v) is 28.5. The van der Waals surface area contributed by atoms with Gasteiger partial charge < -0.3 is 0 Å². The average Bonchev–Trinajstić information content (AvgIpc) is 1.67. The van der Waals surface area contributed by atoms with Gasteiger partial charge in [-0.15, -0.1) is 0 Å². The average molecular weight is 1570 g/mol. The Bertz CT molecular complexity index is 4080. The molecule has 0 aliphatic carbocycles. The Balaban J connectivity index is 0.000000174. The summed E-state index contributed by atoms with van der Waals surface area (Å²) in [6, 6.07) is 56.4. The molecule has 0 N–H and O–H groups in total. The number of benzene rings is 7. The molecule has 6 aromatic heterocycles. The zero-order valence-electron chi connectivity index (χ0n) is 52.5. The van der Waals surface area contributed by atoms with Crippen LogP contribution in [0.4, 0.5) is 0 Å². The summed E-state index contributed by atoms with van der Waals surface area (Å²) in [6.07, 6.45) is 37.0. The predicted molar refractivity (Wildman–Crippen MR) is 418 cm³/mol. The summed E-state index contributed by atoms with van der Waals surface area (Å²) in [5.41, 5.74) is 7.15. The Kier molecular flexibility index (Phi) is 25.9. The van der Waals surface area contributed by atoms with Gasteiger partial charge >= 0.3 is 385 Å². The molecule has 6 heterocycles. The molecular formula is C80H87Br3S4Se2. The molecule has 13 aromatic rings. The van der Waals surface area contributed by atoms with Gasteiger partial charge in [-0.2, -0.15) is 0 Å². The molecule has 0 bridgehead atoms. The van der Waals surface area contributed by atoms with Crippen LogP contribution < -0.4 is 0 Å². The van der Waals surface area contributed by atoms with E-state index < -0.39 is 0 Å². The molecule has 13 rings (SSSR count). The van der Waals surface area contributed by atoms with Crippen LogP contribution in [0.15, 0.2) is 158 Å². The molecule has 0 amide bonds. The molecule has 0 nitrogen and oxygen atoms in total. The molecule has 0 saturated heterocycles. The van der Waals surface area contributed by atoms with Gasteiger partial charge in [0.05, 0.1) is 0 Å². The van der Waals surface area contributed by atoms with Crippen LogP contribution in [-0.4, -0.2) is 29.0 Å². The molecule has 9 heteroatoms. The molecule has 0 spiro atoms. The van der Waals surface area contributed by atoms with Gasteiger partial charge in [-0.05, 0) is 30.5 Å². The zero-order valence-corrected chi connectivity index (χ0v) is 64.0. The molecule has 464 valence electrons. The van der Waals surface area contributed by atoms with E-state index in [9.17, 15) is 0 Å². The number of halogens is 3. The molecule has 0 radical (unpaired) electrons. The van der Waals surface area contributed by atoms with Crippen molar-refractivity contribution in [1.82, 2.24) is 0 Å². The van der Waals surface area contributed by atoms with Gasteiger partial charge in [0.2, 0.25) is 0 Å². The molecule has 7 aromatic carbocycles. The van der Waals surface area contributed by atoms with Crippen molar-refractivity contribution in [3.63, 3.8) is 0 Å². The summed E-state index contributed by atoms with van der Waals surface area (Å²) in [5, 5.41) is 11.3. The number of aryl methyl sites for hydroxylation is 3. The van der Waals surface area contributed by atoms with E-state index in [1.807, 2.05) is 45.3 Å². The fraction of sp³-hybridized carbons (Fsp3) is 0.375. The summed E-state index contributed by atoms with van der Waals surface area (Å²) in [5.74, 6) is 0. The predicted octanol–water partition coefficient (Wildman–Crippen LogP) is 29.3. The first-order chi connectivity index (χ1) is 43.7. The summed E-state index contributed by atoms with van der Waals surface area (Å²) in [4.78, 5) is 2.78. The fourth-order valence-electron chi connectivity index (χ4n) is 12.6. The van der Waals surface area contributed by atoms with Crippen LogP contribution in [0.2, 0.25) is 0 Å². The van der Waals surface area contributed by atoms with Gasteiger partial charge in [0.15, 0.2) is 0 Å². The summed E-state index contributed by atoms with van der Waals surface area (Å²) in [6.45, 7) is 6.87. The number of hydrogen-bond donors (Lipinski definition) is 0. The van der Waals surface area contributed by atoms with E-state index in [1.54, 1.807) is 8.52 Å². The normalized spacial score (nSPS) is 11.8. The number of thiophene rings is 4. The van der Waals surface area contributed by atoms with Gasteiger partial charge in [0.1, 0.15) is 0 Å². The molecule has 0 fully saturated rings. The topological polar surface area (TPSA) is 0 Å². The third-order valence-electron chi connectivity index (χ3n) is 17.8. The third kappa shape index (κ3) is 18.6. The van der Waals surface area contributed by atoms with Gasteiger partial charge in [-0.3, -0.25) is 0 Å². The number of rotatable bonds is 29. The standard InChI is InChI=1S/C48H56S2Se.C16H6Br2S2Se.C16H25Br/c1-3-5-7-9-11-13-15-17-19-35-21-25-37(26-22-35)43-31-39-29-41-42-30-40-32-44(50-46(40)34-48(42)51-47(41)33-45(39)49-43)38-27-23-36(24-28-38)20-18-16-14-12-10-8-6-4-2;17-15-3-7-1-9-10-2-8-4-16(18)20-12(8)6-14(10)21-13(9)5-11(7)19-15;1-2-3-4-5-6-7-8-9-10-15-11-13-16(17)14-12-15/h21-34H,3-20H2,1-2H3;1-6H;11-14H,2-10H2,1H3. The van der Waals surface area contributed by atoms with Crippen LogP contribution in [0, 0.1) is 0 Å². The van der Waals surface area contributed by atoms with E-state index in [-0.39, 0.29) is 0 Å².